The first-order valence-corrected chi connectivity index (χ1v) is 11.2. The van der Waals surface area contributed by atoms with E-state index in [1.807, 2.05) is 0 Å². The normalized spacial score (nSPS) is 12.9. The zero-order valence-corrected chi connectivity index (χ0v) is 16.1. The molecule has 0 aliphatic rings. The van der Waals surface area contributed by atoms with Crippen molar-refractivity contribution in [3.8, 4) is 0 Å². The van der Waals surface area contributed by atoms with E-state index in [1.165, 1.54) is 6.26 Å². The van der Waals surface area contributed by atoms with Gasteiger partial charge in [0, 0.05) is 32.1 Å². The fourth-order valence-electron chi connectivity index (χ4n) is 2.11. The summed E-state index contributed by atoms with van der Waals surface area (Å²) in [5, 5.41) is 6.01. The highest BCUT2D eigenvalue weighted by molar-refractivity contribution is 7.91. The molecular formula is C15H25N3O4S2. The Morgan fingerprint density at radius 3 is 2.33 bits per heavy atom. The predicted molar refractivity (Wildman–Crippen MR) is 96.8 cm³/mol. The SMILES string of the molecule is CCS(=O)(=O)CCNC(=NC)NCc1ccc(S(C)(=O)=O)c(C)c1. The van der Waals surface area contributed by atoms with E-state index in [0.29, 0.717) is 23.0 Å². The number of hydrogen-bond acceptors (Lipinski definition) is 5. The van der Waals surface area contributed by atoms with Gasteiger partial charge in [0.05, 0.1) is 10.6 Å². The van der Waals surface area contributed by atoms with Gasteiger partial charge in [0.25, 0.3) is 0 Å². The van der Waals surface area contributed by atoms with Gasteiger partial charge in [-0.15, -0.1) is 0 Å². The summed E-state index contributed by atoms with van der Waals surface area (Å²) < 4.78 is 46.1. The van der Waals surface area contributed by atoms with Crippen molar-refractivity contribution in [2.45, 2.75) is 25.3 Å². The van der Waals surface area contributed by atoms with Crippen LogP contribution >= 0.6 is 0 Å². The predicted octanol–water partition coefficient (Wildman–Crippen LogP) is 0.498. The quantitative estimate of drug-likeness (QED) is 0.531. The minimum absolute atomic E-state index is 0.0480. The van der Waals surface area contributed by atoms with Gasteiger partial charge in [-0.05, 0) is 24.1 Å². The second-order valence-electron chi connectivity index (χ2n) is 5.46. The molecule has 1 aromatic carbocycles. The van der Waals surface area contributed by atoms with Gasteiger partial charge in [0.2, 0.25) is 0 Å². The number of rotatable bonds is 7. The maximum absolute atomic E-state index is 11.6. The van der Waals surface area contributed by atoms with Gasteiger partial charge in [0.1, 0.15) is 0 Å². The summed E-state index contributed by atoms with van der Waals surface area (Å²) in [4.78, 5) is 4.35. The zero-order chi connectivity index (χ0) is 18.4. The minimum Gasteiger partial charge on any atom is -0.355 e. The lowest BCUT2D eigenvalue weighted by atomic mass is 10.1. The Balaban J connectivity index is 2.63. The molecule has 0 saturated carbocycles. The van der Waals surface area contributed by atoms with Crippen LogP contribution in [0.5, 0.6) is 0 Å². The molecule has 0 atom stereocenters. The van der Waals surface area contributed by atoms with Crippen LogP contribution in [0, 0.1) is 6.92 Å². The fourth-order valence-corrected chi connectivity index (χ4v) is 3.77. The Morgan fingerprint density at radius 2 is 1.83 bits per heavy atom. The van der Waals surface area contributed by atoms with E-state index in [9.17, 15) is 16.8 Å². The molecular weight excluding hydrogens is 350 g/mol. The average Bonchev–Trinajstić information content (AvgIpc) is 2.49. The largest absolute Gasteiger partial charge is 0.355 e. The van der Waals surface area contributed by atoms with Gasteiger partial charge >= 0.3 is 0 Å². The standard InChI is InChI=1S/C15H25N3O4S2/c1-5-24(21,22)9-8-17-15(16-3)18-11-13-6-7-14(12(2)10-13)23(4,19)20/h6-7,10H,5,8-9,11H2,1-4H3,(H2,16,17,18). The van der Waals surface area contributed by atoms with Crippen LogP contribution in [0.3, 0.4) is 0 Å². The summed E-state index contributed by atoms with van der Waals surface area (Å²) in [6.45, 7) is 4.10. The van der Waals surface area contributed by atoms with Crippen LogP contribution in [0.1, 0.15) is 18.1 Å². The molecule has 1 rings (SSSR count). The molecule has 0 amide bonds. The van der Waals surface area contributed by atoms with Crippen molar-refractivity contribution in [1.29, 1.82) is 0 Å². The number of nitrogens with one attached hydrogen (secondary N) is 2. The third-order valence-electron chi connectivity index (χ3n) is 3.47. The summed E-state index contributed by atoms with van der Waals surface area (Å²) in [5.41, 5.74) is 1.60. The maximum atomic E-state index is 11.6. The van der Waals surface area contributed by atoms with E-state index in [4.69, 9.17) is 0 Å². The summed E-state index contributed by atoms with van der Waals surface area (Å²) in [6, 6.07) is 5.13. The number of hydrogen-bond donors (Lipinski definition) is 2. The Morgan fingerprint density at radius 1 is 1.17 bits per heavy atom. The highest BCUT2D eigenvalue weighted by atomic mass is 32.2. The molecule has 0 aromatic heterocycles. The fraction of sp³-hybridized carbons (Fsp3) is 0.533. The Bertz CT molecular complexity index is 800. The number of benzene rings is 1. The van der Waals surface area contributed by atoms with Crippen molar-refractivity contribution in [1.82, 2.24) is 10.6 Å². The highest BCUT2D eigenvalue weighted by Gasteiger charge is 2.11. The van der Waals surface area contributed by atoms with Crippen molar-refractivity contribution < 1.29 is 16.8 Å². The number of nitrogens with zero attached hydrogens (tertiary/aromatic N) is 1. The molecule has 24 heavy (non-hydrogen) atoms. The molecule has 0 unspecified atom stereocenters. The first-order chi connectivity index (χ1) is 11.1. The molecule has 0 spiro atoms. The molecule has 0 aliphatic carbocycles. The van der Waals surface area contributed by atoms with E-state index in [1.54, 1.807) is 39.1 Å². The summed E-state index contributed by atoms with van der Waals surface area (Å²) in [5.74, 6) is 0.658. The smallest absolute Gasteiger partial charge is 0.191 e. The van der Waals surface area contributed by atoms with Crippen LogP contribution in [0.25, 0.3) is 0 Å². The Kier molecular flexibility index (Phi) is 7.22. The number of guanidine groups is 1. The summed E-state index contributed by atoms with van der Waals surface area (Å²) in [7, 11) is -4.65. The first kappa shape index (κ1) is 20.4. The van der Waals surface area contributed by atoms with Crippen LogP contribution < -0.4 is 10.6 Å². The monoisotopic (exact) mass is 375 g/mol. The maximum Gasteiger partial charge on any atom is 0.191 e. The van der Waals surface area contributed by atoms with Crippen LogP contribution in [-0.4, -0.2) is 54.1 Å². The third kappa shape index (κ3) is 6.48. The van der Waals surface area contributed by atoms with Gasteiger partial charge in [0.15, 0.2) is 25.6 Å². The molecule has 0 saturated heterocycles. The number of aryl methyl sites for hydroxylation is 1. The van der Waals surface area contributed by atoms with Gasteiger partial charge < -0.3 is 10.6 Å². The van der Waals surface area contributed by atoms with E-state index in [-0.39, 0.29) is 18.1 Å². The van der Waals surface area contributed by atoms with Crippen molar-refractivity contribution in [2.24, 2.45) is 4.99 Å². The molecule has 2 N–H and O–H groups in total. The van der Waals surface area contributed by atoms with Crippen LogP contribution in [-0.2, 0) is 26.2 Å². The number of sulfone groups is 2. The van der Waals surface area contributed by atoms with Gasteiger partial charge in [-0.1, -0.05) is 19.1 Å². The molecule has 0 bridgehead atoms. The highest BCUT2D eigenvalue weighted by Crippen LogP contribution is 2.16. The summed E-state index contributed by atoms with van der Waals surface area (Å²) >= 11 is 0. The lowest BCUT2D eigenvalue weighted by Crippen LogP contribution is -2.39. The molecule has 7 nitrogen and oxygen atoms in total. The van der Waals surface area contributed by atoms with Crippen molar-refractivity contribution in [3.63, 3.8) is 0 Å². The van der Waals surface area contributed by atoms with E-state index < -0.39 is 19.7 Å². The van der Waals surface area contributed by atoms with E-state index >= 15 is 0 Å². The third-order valence-corrected chi connectivity index (χ3v) is 6.43. The Hall–Kier alpha value is -1.61. The molecule has 0 heterocycles. The minimum atomic E-state index is -3.23. The van der Waals surface area contributed by atoms with Crippen LogP contribution in [0.15, 0.2) is 28.1 Å². The topological polar surface area (TPSA) is 105 Å². The van der Waals surface area contributed by atoms with Crippen molar-refractivity contribution >= 4 is 25.6 Å². The molecule has 9 heteroatoms. The van der Waals surface area contributed by atoms with E-state index in [0.717, 1.165) is 5.56 Å². The van der Waals surface area contributed by atoms with Crippen molar-refractivity contribution in [3.05, 3.63) is 29.3 Å². The van der Waals surface area contributed by atoms with Gasteiger partial charge in [-0.3, -0.25) is 4.99 Å². The summed E-state index contributed by atoms with van der Waals surface area (Å²) in [6.07, 6.45) is 1.18. The zero-order valence-electron chi connectivity index (χ0n) is 14.5. The van der Waals surface area contributed by atoms with Gasteiger partial charge in [-0.2, -0.15) is 0 Å². The van der Waals surface area contributed by atoms with Crippen LogP contribution in [0.4, 0.5) is 0 Å². The Labute approximate surface area is 144 Å². The van der Waals surface area contributed by atoms with Crippen LogP contribution in [0.2, 0.25) is 0 Å². The average molecular weight is 376 g/mol. The van der Waals surface area contributed by atoms with E-state index in [2.05, 4.69) is 15.6 Å². The molecule has 136 valence electrons. The number of aliphatic imine (C=N–C) groups is 1. The first-order valence-electron chi connectivity index (χ1n) is 7.53. The lowest BCUT2D eigenvalue weighted by molar-refractivity contribution is 0.595. The molecule has 0 aliphatic heterocycles. The lowest BCUT2D eigenvalue weighted by Gasteiger charge is -2.13. The van der Waals surface area contributed by atoms with Crippen molar-refractivity contribution in [2.75, 3.05) is 31.4 Å². The molecule has 1 aromatic rings. The second-order valence-corrected chi connectivity index (χ2v) is 9.92. The molecule has 0 fully saturated rings. The van der Waals surface area contributed by atoms with Gasteiger partial charge in [-0.25, -0.2) is 16.8 Å². The second kappa shape index (κ2) is 8.48. The molecule has 0 radical (unpaired) electrons.